The zero-order valence-electron chi connectivity index (χ0n) is 17.8. The molecule has 1 heterocycles. The average Bonchev–Trinajstić information content (AvgIpc) is 2.73. The number of amides is 1. The normalized spacial score (nSPS) is 10.8. The summed E-state index contributed by atoms with van der Waals surface area (Å²) in [4.78, 5) is 27.0. The number of aryl methyl sites for hydroxylation is 1. The van der Waals surface area contributed by atoms with Gasteiger partial charge in [-0.25, -0.2) is 5.43 Å². The molecular formula is C22H27N5O3. The molecule has 0 aliphatic carbocycles. The fourth-order valence-electron chi connectivity index (χ4n) is 3.14. The molecule has 0 aliphatic heterocycles. The number of hydrazone groups is 1. The van der Waals surface area contributed by atoms with E-state index in [1.54, 1.807) is 19.2 Å². The third kappa shape index (κ3) is 5.55. The van der Waals surface area contributed by atoms with Crippen LogP contribution in [0.1, 0.15) is 36.2 Å². The topological polar surface area (TPSA) is 99.7 Å². The molecule has 0 unspecified atom stereocenters. The first kappa shape index (κ1) is 22.8. The van der Waals surface area contributed by atoms with Crippen molar-refractivity contribution in [3.63, 3.8) is 0 Å². The van der Waals surface area contributed by atoms with E-state index in [1.807, 2.05) is 30.3 Å². The molecule has 1 amide bonds. The maximum absolute atomic E-state index is 12.5. The first-order valence-corrected chi connectivity index (χ1v) is 9.74. The van der Waals surface area contributed by atoms with Crippen LogP contribution in [0.4, 0.5) is 5.69 Å². The van der Waals surface area contributed by atoms with E-state index in [0.717, 1.165) is 24.3 Å². The first-order chi connectivity index (χ1) is 14.4. The number of ether oxygens (including phenoxy) is 1. The fourth-order valence-corrected chi connectivity index (χ4v) is 3.14. The Balaban J connectivity index is 2.06. The second-order valence-corrected chi connectivity index (χ2v) is 6.68. The van der Waals surface area contributed by atoms with Gasteiger partial charge >= 0.3 is 0 Å². The lowest BCUT2D eigenvalue weighted by Gasteiger charge is -2.20. The molecule has 2 aromatic rings. The number of carbonyl (C=O) groups is 1. The Morgan fingerprint density at radius 2 is 1.97 bits per heavy atom. The highest BCUT2D eigenvalue weighted by atomic mass is 16.5. The molecule has 0 atom stereocenters. The van der Waals surface area contributed by atoms with Crippen LogP contribution >= 0.6 is 0 Å². The van der Waals surface area contributed by atoms with E-state index >= 15 is 0 Å². The van der Waals surface area contributed by atoms with Gasteiger partial charge in [-0.05, 0) is 44.5 Å². The predicted molar refractivity (Wildman–Crippen MR) is 117 cm³/mol. The van der Waals surface area contributed by atoms with Crippen LogP contribution in [0.3, 0.4) is 0 Å². The summed E-state index contributed by atoms with van der Waals surface area (Å²) < 4.78 is 6.28. The van der Waals surface area contributed by atoms with Crippen molar-refractivity contribution < 1.29 is 9.53 Å². The smallest absolute Gasteiger partial charge is 0.269 e. The van der Waals surface area contributed by atoms with Gasteiger partial charge in [-0.3, -0.25) is 9.59 Å². The molecule has 0 bridgehead atoms. The standard InChI is InChI=1S/C22H27N5O3/c1-5-26(6-2)19-9-7-17(8-10-19)13-24-25-21(28)14-27-16(3)11-18(15-30-4)20(12-23)22(27)29/h7-11,13H,5-6,14-15H2,1-4H3,(H,25,28)/b24-13-. The van der Waals surface area contributed by atoms with Crippen molar-refractivity contribution >= 4 is 17.8 Å². The summed E-state index contributed by atoms with van der Waals surface area (Å²) in [5.41, 5.74) is 4.93. The Kier molecular flexibility index (Phi) is 8.32. The van der Waals surface area contributed by atoms with Crippen LogP contribution < -0.4 is 15.9 Å². The minimum atomic E-state index is -0.518. The summed E-state index contributed by atoms with van der Waals surface area (Å²) in [7, 11) is 1.49. The predicted octanol–water partition coefficient (Wildman–Crippen LogP) is 2.17. The minimum Gasteiger partial charge on any atom is -0.380 e. The van der Waals surface area contributed by atoms with E-state index in [-0.39, 0.29) is 18.7 Å². The molecular weight excluding hydrogens is 382 g/mol. The Morgan fingerprint density at radius 3 is 2.53 bits per heavy atom. The van der Waals surface area contributed by atoms with Crippen LogP contribution in [0.2, 0.25) is 0 Å². The van der Waals surface area contributed by atoms with Crippen LogP contribution in [0, 0.1) is 18.3 Å². The number of anilines is 1. The monoisotopic (exact) mass is 409 g/mol. The highest BCUT2D eigenvalue weighted by molar-refractivity contribution is 5.82. The van der Waals surface area contributed by atoms with Gasteiger partial charge in [0.15, 0.2) is 0 Å². The van der Waals surface area contributed by atoms with Gasteiger partial charge in [-0.2, -0.15) is 10.4 Å². The molecule has 8 heteroatoms. The number of carbonyl (C=O) groups excluding carboxylic acids is 1. The molecule has 0 aliphatic rings. The van der Waals surface area contributed by atoms with Gasteiger partial charge < -0.3 is 14.2 Å². The molecule has 1 N–H and O–H groups in total. The van der Waals surface area contributed by atoms with E-state index in [0.29, 0.717) is 11.3 Å². The zero-order chi connectivity index (χ0) is 22.1. The molecule has 1 aromatic carbocycles. The number of methoxy groups -OCH3 is 1. The molecule has 1 aromatic heterocycles. The van der Waals surface area contributed by atoms with Gasteiger partial charge in [0.2, 0.25) is 0 Å². The van der Waals surface area contributed by atoms with Gasteiger partial charge in [0.05, 0.1) is 12.8 Å². The molecule has 30 heavy (non-hydrogen) atoms. The second kappa shape index (κ2) is 10.9. The summed E-state index contributed by atoms with van der Waals surface area (Å²) in [6.45, 7) is 7.69. The lowest BCUT2D eigenvalue weighted by molar-refractivity contribution is -0.121. The van der Waals surface area contributed by atoms with Crippen molar-refractivity contribution in [3.8, 4) is 6.07 Å². The molecule has 0 fully saturated rings. The quantitative estimate of drug-likeness (QED) is 0.505. The van der Waals surface area contributed by atoms with E-state index in [1.165, 1.54) is 11.7 Å². The van der Waals surface area contributed by atoms with Crippen LogP contribution in [-0.4, -0.2) is 36.9 Å². The Hall–Kier alpha value is -3.44. The number of hydrogen-bond acceptors (Lipinski definition) is 6. The van der Waals surface area contributed by atoms with E-state index in [2.05, 4.69) is 29.3 Å². The third-order valence-electron chi connectivity index (χ3n) is 4.73. The van der Waals surface area contributed by atoms with Gasteiger partial charge in [0.25, 0.3) is 11.5 Å². The lowest BCUT2D eigenvalue weighted by atomic mass is 10.1. The van der Waals surface area contributed by atoms with E-state index in [4.69, 9.17) is 4.74 Å². The summed E-state index contributed by atoms with van der Waals surface area (Å²) in [5, 5.41) is 13.2. The Morgan fingerprint density at radius 1 is 1.30 bits per heavy atom. The van der Waals surface area contributed by atoms with Crippen molar-refractivity contribution in [1.29, 1.82) is 5.26 Å². The lowest BCUT2D eigenvalue weighted by Crippen LogP contribution is -2.33. The molecule has 8 nitrogen and oxygen atoms in total. The number of nitrogens with zero attached hydrogens (tertiary/aromatic N) is 4. The van der Waals surface area contributed by atoms with Crippen molar-refractivity contribution in [2.45, 2.75) is 33.9 Å². The molecule has 0 saturated heterocycles. The Bertz CT molecular complexity index is 999. The van der Waals surface area contributed by atoms with Crippen molar-refractivity contribution in [2.24, 2.45) is 5.10 Å². The second-order valence-electron chi connectivity index (χ2n) is 6.68. The summed E-state index contributed by atoms with van der Waals surface area (Å²) in [6, 6.07) is 11.4. The number of benzene rings is 1. The number of aromatic nitrogens is 1. The number of rotatable bonds is 9. The number of hydrogen-bond donors (Lipinski definition) is 1. The first-order valence-electron chi connectivity index (χ1n) is 9.74. The Labute approximate surface area is 176 Å². The summed E-state index contributed by atoms with van der Waals surface area (Å²) in [5.74, 6) is -0.459. The van der Waals surface area contributed by atoms with Crippen molar-refractivity contribution in [1.82, 2.24) is 9.99 Å². The molecule has 0 spiro atoms. The van der Waals surface area contributed by atoms with Crippen LogP contribution in [0.5, 0.6) is 0 Å². The van der Waals surface area contributed by atoms with Crippen molar-refractivity contribution in [2.75, 3.05) is 25.1 Å². The van der Waals surface area contributed by atoms with E-state index in [9.17, 15) is 14.9 Å². The van der Waals surface area contributed by atoms with Gasteiger partial charge in [-0.15, -0.1) is 0 Å². The van der Waals surface area contributed by atoms with Crippen LogP contribution in [0.25, 0.3) is 0 Å². The van der Waals surface area contributed by atoms with Gasteiger partial charge in [0.1, 0.15) is 18.2 Å². The average molecular weight is 409 g/mol. The van der Waals surface area contributed by atoms with Crippen LogP contribution in [0.15, 0.2) is 40.2 Å². The zero-order valence-corrected chi connectivity index (χ0v) is 17.8. The highest BCUT2D eigenvalue weighted by Crippen LogP contribution is 2.14. The van der Waals surface area contributed by atoms with Gasteiger partial charge in [0, 0.05) is 37.1 Å². The largest absolute Gasteiger partial charge is 0.380 e. The SMILES string of the molecule is CCN(CC)c1ccc(/C=N\NC(=O)Cn2c(C)cc(COC)c(C#N)c2=O)cc1. The number of nitriles is 1. The number of nitrogens with one attached hydrogen (secondary N) is 1. The highest BCUT2D eigenvalue weighted by Gasteiger charge is 2.14. The minimum absolute atomic E-state index is 0.0213. The fraction of sp³-hybridized carbons (Fsp3) is 0.364. The molecule has 158 valence electrons. The number of pyridine rings is 1. The summed E-state index contributed by atoms with van der Waals surface area (Å²) in [6.07, 6.45) is 1.54. The van der Waals surface area contributed by atoms with Gasteiger partial charge in [-0.1, -0.05) is 12.1 Å². The van der Waals surface area contributed by atoms with Crippen molar-refractivity contribution in [3.05, 3.63) is 63.1 Å². The molecule has 0 saturated carbocycles. The molecule has 2 rings (SSSR count). The van der Waals surface area contributed by atoms with E-state index < -0.39 is 11.5 Å². The van der Waals surface area contributed by atoms with Crippen LogP contribution in [-0.2, 0) is 22.7 Å². The summed E-state index contributed by atoms with van der Waals surface area (Å²) >= 11 is 0. The third-order valence-corrected chi connectivity index (χ3v) is 4.73. The maximum atomic E-state index is 12.5. The maximum Gasteiger partial charge on any atom is 0.269 e. The molecule has 0 radical (unpaired) electrons.